The van der Waals surface area contributed by atoms with Gasteiger partial charge in [0.25, 0.3) is 0 Å². The summed E-state index contributed by atoms with van der Waals surface area (Å²) in [5, 5.41) is 22.5. The van der Waals surface area contributed by atoms with E-state index in [0.29, 0.717) is 11.3 Å². The van der Waals surface area contributed by atoms with E-state index in [1.807, 2.05) is 36.6 Å². The minimum Gasteiger partial charge on any atom is -0.497 e. The van der Waals surface area contributed by atoms with Gasteiger partial charge in [-0.15, -0.1) is 11.3 Å². The van der Waals surface area contributed by atoms with Crippen LogP contribution in [-0.2, 0) is 10.3 Å². The minimum absolute atomic E-state index is 0.00901. The number of hydrogen-bond donors (Lipinski definition) is 2. The average Bonchev–Trinajstić information content (AvgIpc) is 3.29. The fourth-order valence-electron chi connectivity index (χ4n) is 4.01. The lowest BCUT2D eigenvalue weighted by molar-refractivity contribution is -0.131. The van der Waals surface area contributed by atoms with Crippen LogP contribution in [0, 0.1) is 22.6 Å². The third kappa shape index (κ3) is 3.61. The van der Waals surface area contributed by atoms with Crippen LogP contribution in [0.4, 0.5) is 4.39 Å². The lowest BCUT2D eigenvalue weighted by atomic mass is 9.76. The Hall–Kier alpha value is -3.70. The highest BCUT2D eigenvalue weighted by Gasteiger charge is 2.49. The number of guanidine groups is 1. The molecule has 0 spiro atoms. The Labute approximate surface area is 189 Å². The van der Waals surface area contributed by atoms with Crippen molar-refractivity contribution in [3.05, 3.63) is 75.7 Å². The molecule has 2 atom stereocenters. The number of hydrogen-bond acceptors (Lipinski definition) is 5. The molecule has 1 aromatic heterocycles. The van der Waals surface area contributed by atoms with Crippen molar-refractivity contribution in [2.75, 3.05) is 14.2 Å². The predicted molar refractivity (Wildman–Crippen MR) is 121 cm³/mol. The van der Waals surface area contributed by atoms with Crippen LogP contribution in [-0.4, -0.2) is 30.9 Å². The number of nitrogens with zero attached hydrogens (tertiary/aromatic N) is 2. The van der Waals surface area contributed by atoms with Gasteiger partial charge in [-0.1, -0.05) is 12.1 Å². The number of benzene rings is 2. The van der Waals surface area contributed by atoms with E-state index >= 15 is 0 Å². The molecule has 1 unspecified atom stereocenters. The molecule has 32 heavy (non-hydrogen) atoms. The van der Waals surface area contributed by atoms with Crippen molar-refractivity contribution in [3.8, 4) is 22.9 Å². The fourth-order valence-corrected chi connectivity index (χ4v) is 5.08. The Morgan fingerprint density at radius 3 is 2.59 bits per heavy atom. The Morgan fingerprint density at radius 2 is 1.94 bits per heavy atom. The first kappa shape index (κ1) is 21.5. The van der Waals surface area contributed by atoms with E-state index in [-0.39, 0.29) is 17.4 Å². The number of rotatable bonds is 4. The van der Waals surface area contributed by atoms with Crippen molar-refractivity contribution in [1.29, 1.82) is 10.7 Å². The van der Waals surface area contributed by atoms with Gasteiger partial charge in [0.1, 0.15) is 11.6 Å². The molecular formula is C24H21FN4O2S. The third-order valence-electron chi connectivity index (χ3n) is 5.79. The summed E-state index contributed by atoms with van der Waals surface area (Å²) < 4.78 is 19.2. The summed E-state index contributed by atoms with van der Waals surface area (Å²) in [4.78, 5) is 15.4. The van der Waals surface area contributed by atoms with Gasteiger partial charge in [-0.3, -0.25) is 15.1 Å². The predicted octanol–water partition coefficient (Wildman–Crippen LogP) is 4.43. The maximum Gasteiger partial charge on any atom is 0.239 e. The summed E-state index contributed by atoms with van der Waals surface area (Å²) in [5.41, 5.74) is 1.46. The molecule has 0 saturated carbocycles. The number of halogens is 1. The largest absolute Gasteiger partial charge is 0.497 e. The molecule has 1 aliphatic heterocycles. The molecule has 2 aromatic carbocycles. The van der Waals surface area contributed by atoms with E-state index < -0.39 is 17.3 Å². The van der Waals surface area contributed by atoms with Gasteiger partial charge in [-0.25, -0.2) is 4.39 Å². The number of nitrogens with one attached hydrogen (secondary N) is 2. The van der Waals surface area contributed by atoms with Gasteiger partial charge in [-0.2, -0.15) is 5.26 Å². The summed E-state index contributed by atoms with van der Waals surface area (Å²) in [6.45, 7) is 1.89. The van der Waals surface area contributed by atoms with Gasteiger partial charge in [0.2, 0.25) is 5.91 Å². The lowest BCUT2D eigenvalue weighted by Gasteiger charge is -2.45. The SMILES string of the molecule is COc1ccc(C2C(=O)N(C)C(=N)N[C@]2(C)c2cc(-c3cc(F)cc(C#N)c3)cs2)cc1. The number of thiophene rings is 1. The van der Waals surface area contributed by atoms with Crippen molar-refractivity contribution in [3.63, 3.8) is 0 Å². The van der Waals surface area contributed by atoms with Gasteiger partial charge in [0.05, 0.1) is 30.2 Å². The molecule has 0 radical (unpaired) electrons. The Morgan fingerprint density at radius 1 is 1.22 bits per heavy atom. The summed E-state index contributed by atoms with van der Waals surface area (Å²) in [5.74, 6) is -0.584. The normalized spacial score (nSPS) is 20.6. The van der Waals surface area contributed by atoms with Crippen LogP contribution in [0.25, 0.3) is 11.1 Å². The Kier molecular flexibility index (Phi) is 5.45. The second kappa shape index (κ2) is 8.09. The molecule has 2 N–H and O–H groups in total. The van der Waals surface area contributed by atoms with Crippen molar-refractivity contribution in [2.24, 2.45) is 0 Å². The van der Waals surface area contributed by atoms with E-state index in [1.165, 1.54) is 28.4 Å². The number of likely N-dealkylation sites (N-methyl/N-ethyl adjacent to an activating group) is 1. The zero-order valence-electron chi connectivity index (χ0n) is 17.8. The summed E-state index contributed by atoms with van der Waals surface area (Å²) in [6, 6.07) is 15.4. The molecule has 6 nitrogen and oxygen atoms in total. The van der Waals surface area contributed by atoms with Crippen molar-refractivity contribution >= 4 is 23.2 Å². The van der Waals surface area contributed by atoms with E-state index in [1.54, 1.807) is 32.4 Å². The van der Waals surface area contributed by atoms with Gasteiger partial charge in [0.15, 0.2) is 5.96 Å². The number of ether oxygens (including phenoxy) is 1. The quantitative estimate of drug-likeness (QED) is 0.618. The molecule has 0 bridgehead atoms. The van der Waals surface area contributed by atoms with Crippen LogP contribution in [0.5, 0.6) is 5.75 Å². The molecular weight excluding hydrogens is 427 g/mol. The van der Waals surface area contributed by atoms with Crippen LogP contribution in [0.15, 0.2) is 53.9 Å². The highest BCUT2D eigenvalue weighted by Crippen LogP contribution is 2.44. The zero-order valence-corrected chi connectivity index (χ0v) is 18.6. The zero-order chi connectivity index (χ0) is 23.0. The van der Waals surface area contributed by atoms with Gasteiger partial charge in [0, 0.05) is 11.9 Å². The number of carbonyl (C=O) groups excluding carboxylic acids is 1. The molecule has 1 amide bonds. The van der Waals surface area contributed by atoms with Crippen LogP contribution < -0.4 is 10.1 Å². The topological polar surface area (TPSA) is 89.2 Å². The first-order chi connectivity index (χ1) is 15.3. The highest BCUT2D eigenvalue weighted by molar-refractivity contribution is 7.10. The van der Waals surface area contributed by atoms with Crippen molar-refractivity contribution < 1.29 is 13.9 Å². The molecule has 3 aromatic rings. The second-order valence-corrected chi connectivity index (χ2v) is 8.73. The van der Waals surface area contributed by atoms with Crippen molar-refractivity contribution in [2.45, 2.75) is 18.4 Å². The number of nitriles is 1. The first-order valence-corrected chi connectivity index (χ1v) is 10.7. The van der Waals surface area contributed by atoms with E-state index in [4.69, 9.17) is 15.4 Å². The Bertz CT molecular complexity index is 1250. The fraction of sp³-hybridized carbons (Fsp3) is 0.208. The monoisotopic (exact) mass is 448 g/mol. The number of amides is 1. The number of methoxy groups -OCH3 is 1. The minimum atomic E-state index is -0.899. The van der Waals surface area contributed by atoms with Crippen LogP contribution in [0.2, 0.25) is 0 Å². The smallest absolute Gasteiger partial charge is 0.239 e. The Balaban J connectivity index is 1.80. The van der Waals surface area contributed by atoms with Crippen molar-refractivity contribution in [1.82, 2.24) is 10.2 Å². The standard InChI is InChI=1S/C24H21FN4O2S/c1-24(20-11-17(13-32-20)16-8-14(12-26)9-18(25)10-16)21(22(30)29(2)23(27)28-24)15-4-6-19(31-3)7-5-15/h4-11,13,21H,1-3H3,(H2,27,28)/t21?,24-/m1/s1. The summed E-state index contributed by atoms with van der Waals surface area (Å²) in [6.07, 6.45) is 0. The van der Waals surface area contributed by atoms with Crippen LogP contribution in [0.3, 0.4) is 0 Å². The maximum atomic E-state index is 14.0. The molecule has 162 valence electrons. The lowest BCUT2D eigenvalue weighted by Crippen LogP contribution is -2.62. The molecule has 8 heteroatoms. The molecule has 1 fully saturated rings. The van der Waals surface area contributed by atoms with Crippen LogP contribution in [0.1, 0.15) is 28.8 Å². The van der Waals surface area contributed by atoms with Gasteiger partial charge < -0.3 is 10.1 Å². The van der Waals surface area contributed by atoms with Crippen LogP contribution >= 0.6 is 11.3 Å². The molecule has 0 aliphatic carbocycles. The average molecular weight is 449 g/mol. The van der Waals surface area contributed by atoms with E-state index in [2.05, 4.69) is 5.32 Å². The number of carbonyl (C=O) groups is 1. The van der Waals surface area contributed by atoms with E-state index in [9.17, 15) is 9.18 Å². The van der Waals surface area contributed by atoms with Gasteiger partial charge in [-0.05, 0) is 65.4 Å². The first-order valence-electron chi connectivity index (χ1n) is 9.85. The van der Waals surface area contributed by atoms with E-state index in [0.717, 1.165) is 16.0 Å². The molecule has 1 saturated heterocycles. The second-order valence-electron chi connectivity index (χ2n) is 7.82. The summed E-state index contributed by atoms with van der Waals surface area (Å²) in [7, 11) is 3.16. The maximum absolute atomic E-state index is 14.0. The highest BCUT2D eigenvalue weighted by atomic mass is 32.1. The molecule has 1 aliphatic rings. The molecule has 2 heterocycles. The third-order valence-corrected chi connectivity index (χ3v) is 6.96. The molecule has 4 rings (SSSR count). The summed E-state index contributed by atoms with van der Waals surface area (Å²) >= 11 is 1.42. The van der Waals surface area contributed by atoms with Gasteiger partial charge >= 0.3 is 0 Å².